The number of phosphoric acid groups is 1. The number of phosphoric ester groups is 1. The van der Waals surface area contributed by atoms with Crippen LogP contribution in [0.1, 0.15) is 194 Å². The van der Waals surface area contributed by atoms with Crippen LogP contribution in [0.4, 0.5) is 0 Å². The first-order valence-electron chi connectivity index (χ1n) is 24.6. The lowest BCUT2D eigenvalue weighted by Crippen LogP contribution is -2.37. The smallest absolute Gasteiger partial charge is 0.462 e. The Morgan fingerprint density at radius 2 is 1.06 bits per heavy atom. The van der Waals surface area contributed by atoms with Gasteiger partial charge in [-0.2, -0.15) is 0 Å². The van der Waals surface area contributed by atoms with E-state index in [2.05, 4.69) is 19.9 Å². The average Bonchev–Trinajstić information content (AvgIpc) is 3.21. The molecule has 1 unspecified atom stereocenters. The van der Waals surface area contributed by atoms with E-state index in [9.17, 15) is 29.3 Å². The number of carbonyl (C=O) groups is 2. The minimum absolute atomic E-state index is 0.0142. The van der Waals surface area contributed by atoms with Crippen LogP contribution in [-0.2, 0) is 32.7 Å². The topological polar surface area (TPSA) is 149 Å². The Kier molecular flexibility index (Phi) is 40.2. The Bertz CT molecular complexity index is 1230. The van der Waals surface area contributed by atoms with Crippen molar-refractivity contribution in [2.45, 2.75) is 212 Å². The largest absolute Gasteiger partial charge is 0.472 e. The van der Waals surface area contributed by atoms with Crippen molar-refractivity contribution in [2.75, 3.05) is 47.5 Å². The molecule has 0 spiro atoms. The van der Waals surface area contributed by atoms with E-state index in [0.29, 0.717) is 36.7 Å². The molecule has 0 rings (SSSR count). The van der Waals surface area contributed by atoms with Crippen molar-refractivity contribution in [1.29, 1.82) is 0 Å². The maximum atomic E-state index is 12.7. The van der Waals surface area contributed by atoms with Gasteiger partial charge < -0.3 is 29.1 Å². The summed E-state index contributed by atoms with van der Waals surface area (Å²) in [6.07, 6.45) is 42.2. The average molecular weight is 899 g/mol. The quantitative estimate of drug-likeness (QED) is 0.0135. The van der Waals surface area contributed by atoms with E-state index in [1.165, 1.54) is 116 Å². The lowest BCUT2D eigenvalue weighted by molar-refractivity contribution is -0.870. The van der Waals surface area contributed by atoms with E-state index >= 15 is 0 Å². The molecule has 0 radical (unpaired) electrons. The van der Waals surface area contributed by atoms with Gasteiger partial charge in [0.25, 0.3) is 0 Å². The summed E-state index contributed by atoms with van der Waals surface area (Å²) in [4.78, 5) is 35.5. The van der Waals surface area contributed by atoms with Gasteiger partial charge >= 0.3 is 19.8 Å². The number of hydrogen-bond acceptors (Lipinski definition) is 9. The molecule has 0 heterocycles. The molecule has 0 aliphatic carbocycles. The third kappa shape index (κ3) is 44.5. The molecular formula is C50H93NO10P+. The summed E-state index contributed by atoms with van der Waals surface area (Å²) < 4.78 is 34.2. The van der Waals surface area contributed by atoms with Crippen LogP contribution in [0.3, 0.4) is 0 Å². The summed E-state index contributed by atoms with van der Waals surface area (Å²) in [7, 11) is 1.32. The molecule has 62 heavy (non-hydrogen) atoms. The molecule has 0 saturated heterocycles. The van der Waals surface area contributed by atoms with Crippen LogP contribution in [0.5, 0.6) is 0 Å². The molecular weight excluding hydrogens is 806 g/mol. The SMILES string of the molecule is CCCCC/C=C\C[C@H](O)/C=C/C=C/C=C\[C@H](O)CCCC(=O)O[C@H](COC(=O)CCCCCCCCCCCCCCCCCCCCC)COP(=O)(O)OCC[N+](C)(C)C. The number of quaternary nitrogens is 1. The second-order valence-electron chi connectivity index (χ2n) is 17.9. The summed E-state index contributed by atoms with van der Waals surface area (Å²) >= 11 is 0. The number of unbranched alkanes of at least 4 members (excludes halogenated alkanes) is 21. The molecule has 0 aliphatic heterocycles. The van der Waals surface area contributed by atoms with Crippen LogP contribution < -0.4 is 0 Å². The number of carbonyl (C=O) groups excluding carboxylic acids is 2. The number of allylic oxidation sites excluding steroid dienone is 5. The third-order valence-corrected chi connectivity index (χ3v) is 11.5. The second-order valence-corrected chi connectivity index (χ2v) is 19.4. The highest BCUT2D eigenvalue weighted by Crippen LogP contribution is 2.43. The zero-order valence-corrected chi connectivity index (χ0v) is 41.0. The third-order valence-electron chi connectivity index (χ3n) is 10.6. The van der Waals surface area contributed by atoms with E-state index in [1.807, 2.05) is 27.2 Å². The van der Waals surface area contributed by atoms with Gasteiger partial charge in [-0.1, -0.05) is 191 Å². The van der Waals surface area contributed by atoms with Crippen LogP contribution >= 0.6 is 7.82 Å². The molecule has 0 aromatic heterocycles. The fraction of sp³-hybridized carbons (Fsp3) is 0.800. The van der Waals surface area contributed by atoms with Crippen LogP contribution in [0.25, 0.3) is 0 Å². The molecule has 4 atom stereocenters. The van der Waals surface area contributed by atoms with Crippen LogP contribution in [0.15, 0.2) is 48.6 Å². The maximum absolute atomic E-state index is 12.7. The summed E-state index contributed by atoms with van der Waals surface area (Å²) in [6, 6.07) is 0. The Hall–Kier alpha value is -2.11. The molecule has 0 bridgehead atoms. The molecule has 0 saturated carbocycles. The van der Waals surface area contributed by atoms with Gasteiger partial charge in [-0.3, -0.25) is 18.6 Å². The molecule has 12 heteroatoms. The predicted molar refractivity (Wildman–Crippen MR) is 255 cm³/mol. The summed E-state index contributed by atoms with van der Waals surface area (Å²) in [6.45, 7) is 4.09. The predicted octanol–water partition coefficient (Wildman–Crippen LogP) is 12.2. The first kappa shape index (κ1) is 59.9. The van der Waals surface area contributed by atoms with Crippen molar-refractivity contribution in [1.82, 2.24) is 0 Å². The van der Waals surface area contributed by atoms with E-state index in [0.717, 1.165) is 25.7 Å². The van der Waals surface area contributed by atoms with E-state index < -0.39 is 44.7 Å². The zero-order valence-electron chi connectivity index (χ0n) is 40.1. The molecule has 11 nitrogen and oxygen atoms in total. The van der Waals surface area contributed by atoms with Gasteiger partial charge in [0.15, 0.2) is 6.10 Å². The minimum atomic E-state index is -4.45. The van der Waals surface area contributed by atoms with Crippen molar-refractivity contribution < 1.29 is 52.3 Å². The maximum Gasteiger partial charge on any atom is 0.472 e. The molecule has 362 valence electrons. The van der Waals surface area contributed by atoms with E-state index in [4.69, 9.17) is 18.5 Å². The van der Waals surface area contributed by atoms with Crippen molar-refractivity contribution in [3.8, 4) is 0 Å². The minimum Gasteiger partial charge on any atom is -0.462 e. The molecule has 0 amide bonds. The lowest BCUT2D eigenvalue weighted by atomic mass is 10.0. The van der Waals surface area contributed by atoms with Crippen LogP contribution in [0.2, 0.25) is 0 Å². The number of hydrogen-bond donors (Lipinski definition) is 3. The highest BCUT2D eigenvalue weighted by atomic mass is 31.2. The highest BCUT2D eigenvalue weighted by molar-refractivity contribution is 7.47. The standard InChI is InChI=1S/C50H92NO10P/c1-6-8-10-12-14-15-16-17-18-19-20-21-22-23-24-25-26-28-34-40-49(54)58-44-48(45-60-62(56,57)59-43-42-51(3,4)5)61-50(55)41-35-39-47(53)38-33-30-29-32-37-46(52)36-31-27-13-11-9-7-2/h27,29-33,37-38,46-48,52-53H,6-26,28,34-36,39-45H2,1-5H3/p+1/b30-29+,31-27-,37-32+,38-33-/t46-,47-,48+/m0/s1. The van der Waals surface area contributed by atoms with Crippen LogP contribution in [-0.4, -0.2) is 97.3 Å². The summed E-state index contributed by atoms with van der Waals surface area (Å²) in [5.41, 5.74) is 0. The number of aliphatic hydroxyl groups excluding tert-OH is 2. The van der Waals surface area contributed by atoms with Crippen molar-refractivity contribution in [3.05, 3.63) is 48.6 Å². The molecule has 0 fully saturated rings. The number of rotatable bonds is 44. The molecule has 0 aromatic carbocycles. The normalized spacial score (nSPS) is 14.9. The van der Waals surface area contributed by atoms with Gasteiger partial charge in [-0.25, -0.2) is 4.57 Å². The van der Waals surface area contributed by atoms with Crippen molar-refractivity contribution in [3.63, 3.8) is 0 Å². The Morgan fingerprint density at radius 1 is 0.581 bits per heavy atom. The lowest BCUT2D eigenvalue weighted by Gasteiger charge is -2.24. The molecule has 0 aromatic rings. The zero-order chi connectivity index (χ0) is 46.0. The number of esters is 2. The number of likely N-dealkylation sites (N-methyl/N-ethyl adjacent to an activating group) is 1. The first-order chi connectivity index (χ1) is 29.8. The first-order valence-corrected chi connectivity index (χ1v) is 26.1. The fourth-order valence-electron chi connectivity index (χ4n) is 6.62. The Balaban J connectivity index is 4.50. The van der Waals surface area contributed by atoms with E-state index in [-0.39, 0.29) is 26.1 Å². The van der Waals surface area contributed by atoms with Gasteiger partial charge in [0.05, 0.1) is 40.0 Å². The molecule has 3 N–H and O–H groups in total. The van der Waals surface area contributed by atoms with Gasteiger partial charge in [0.1, 0.15) is 19.8 Å². The number of aliphatic hydroxyl groups is 2. The monoisotopic (exact) mass is 899 g/mol. The number of ether oxygens (including phenoxy) is 2. The Morgan fingerprint density at radius 3 is 1.60 bits per heavy atom. The fourth-order valence-corrected chi connectivity index (χ4v) is 7.36. The van der Waals surface area contributed by atoms with Crippen molar-refractivity contribution >= 4 is 19.8 Å². The van der Waals surface area contributed by atoms with Crippen molar-refractivity contribution in [2.24, 2.45) is 0 Å². The molecule has 0 aliphatic rings. The number of nitrogens with zero attached hydrogens (tertiary/aromatic N) is 1. The van der Waals surface area contributed by atoms with Gasteiger partial charge in [-0.05, 0) is 38.5 Å². The summed E-state index contributed by atoms with van der Waals surface area (Å²) in [5.74, 6) is -1.03. The summed E-state index contributed by atoms with van der Waals surface area (Å²) in [5, 5.41) is 20.4. The van der Waals surface area contributed by atoms with Gasteiger partial charge in [0.2, 0.25) is 0 Å². The Labute approximate surface area is 379 Å². The van der Waals surface area contributed by atoms with Gasteiger partial charge in [0, 0.05) is 12.8 Å². The van der Waals surface area contributed by atoms with E-state index in [1.54, 1.807) is 36.5 Å². The van der Waals surface area contributed by atoms with Gasteiger partial charge in [-0.15, -0.1) is 0 Å². The van der Waals surface area contributed by atoms with Crippen LogP contribution in [0, 0.1) is 0 Å². The second kappa shape index (κ2) is 41.6. The highest BCUT2D eigenvalue weighted by Gasteiger charge is 2.27.